The molecule has 0 aliphatic carbocycles. The Bertz CT molecular complexity index is 1360. The molecular formula is C28H32N6O. The summed E-state index contributed by atoms with van der Waals surface area (Å²) in [5, 5.41) is 4.51. The fourth-order valence-corrected chi connectivity index (χ4v) is 4.67. The lowest BCUT2D eigenvalue weighted by Gasteiger charge is -2.35. The number of likely N-dealkylation sites (tertiary alicyclic amines) is 1. The second-order valence-corrected chi connectivity index (χ2v) is 10.3. The maximum Gasteiger partial charge on any atom is 0.254 e. The lowest BCUT2D eigenvalue weighted by Crippen LogP contribution is -2.47. The molecule has 1 aliphatic rings. The minimum atomic E-state index is -0.230. The Hall–Kier alpha value is -3.58. The van der Waals surface area contributed by atoms with Crippen molar-refractivity contribution in [1.82, 2.24) is 24.5 Å². The molecule has 4 heterocycles. The lowest BCUT2D eigenvalue weighted by atomic mass is 9.89. The molecule has 3 aromatic heterocycles. The topological polar surface area (TPSA) is 89.4 Å². The number of pyridine rings is 1. The maximum atomic E-state index is 13.7. The summed E-state index contributed by atoms with van der Waals surface area (Å²) in [6.07, 6.45) is 6.76. The maximum absolute atomic E-state index is 13.7. The fourth-order valence-electron chi connectivity index (χ4n) is 4.67. The third kappa shape index (κ3) is 4.56. The van der Waals surface area contributed by atoms with Gasteiger partial charge < -0.3 is 10.6 Å². The molecule has 1 atom stereocenters. The summed E-state index contributed by atoms with van der Waals surface area (Å²) in [5.41, 5.74) is 11.4. The average Bonchev–Trinajstić information content (AvgIpc) is 3.31. The molecule has 0 spiro atoms. The van der Waals surface area contributed by atoms with E-state index >= 15 is 0 Å². The number of piperidine rings is 1. The minimum Gasteiger partial charge on any atom is -0.334 e. The number of aromatic nitrogens is 4. The number of nitrogens with zero attached hydrogens (tertiary/aromatic N) is 5. The first-order chi connectivity index (χ1) is 16.8. The summed E-state index contributed by atoms with van der Waals surface area (Å²) in [7, 11) is 0. The Balaban J connectivity index is 1.62. The molecule has 1 aromatic carbocycles. The molecule has 0 saturated carbocycles. The van der Waals surface area contributed by atoms with Crippen LogP contribution in [0.15, 0.2) is 60.9 Å². The molecule has 1 aliphatic heterocycles. The van der Waals surface area contributed by atoms with E-state index in [2.05, 4.69) is 25.9 Å². The van der Waals surface area contributed by atoms with Gasteiger partial charge in [-0.3, -0.25) is 9.78 Å². The van der Waals surface area contributed by atoms with Gasteiger partial charge in [0.1, 0.15) is 0 Å². The standard InChI is InChI=1S/C28H32N6O/c1-28(2,3)25-16-20(27(35)33-13-8-7-11-21(33)17-29)15-24(31-25)22-18-30-34-14-12-23(32-26(22)34)19-9-5-4-6-10-19/h4-6,9-10,12,14-16,18,21H,7-8,11,13,17,29H2,1-3H3. The van der Waals surface area contributed by atoms with Gasteiger partial charge in [-0.15, -0.1) is 0 Å². The highest BCUT2D eigenvalue weighted by atomic mass is 16.2. The summed E-state index contributed by atoms with van der Waals surface area (Å²) >= 11 is 0. The Kier molecular flexibility index (Phi) is 6.11. The van der Waals surface area contributed by atoms with Crippen LogP contribution < -0.4 is 5.73 Å². The van der Waals surface area contributed by atoms with Crippen molar-refractivity contribution in [3.8, 4) is 22.5 Å². The number of amides is 1. The molecule has 35 heavy (non-hydrogen) atoms. The van der Waals surface area contributed by atoms with Crippen LogP contribution in [0.25, 0.3) is 28.2 Å². The van der Waals surface area contributed by atoms with Crippen molar-refractivity contribution in [2.75, 3.05) is 13.1 Å². The first kappa shape index (κ1) is 23.2. The Morgan fingerprint density at radius 2 is 1.86 bits per heavy atom. The number of nitrogens with two attached hydrogens (primary N) is 1. The van der Waals surface area contributed by atoms with Crippen molar-refractivity contribution in [3.63, 3.8) is 0 Å². The molecule has 1 amide bonds. The Morgan fingerprint density at radius 3 is 2.60 bits per heavy atom. The van der Waals surface area contributed by atoms with Gasteiger partial charge in [-0.25, -0.2) is 9.50 Å². The van der Waals surface area contributed by atoms with E-state index in [-0.39, 0.29) is 17.4 Å². The van der Waals surface area contributed by atoms with E-state index in [9.17, 15) is 4.79 Å². The summed E-state index contributed by atoms with van der Waals surface area (Å²) in [6, 6.07) is 15.9. The first-order valence-electron chi connectivity index (χ1n) is 12.3. The van der Waals surface area contributed by atoms with Gasteiger partial charge in [0.2, 0.25) is 0 Å². The smallest absolute Gasteiger partial charge is 0.254 e. The van der Waals surface area contributed by atoms with Gasteiger partial charge in [0.25, 0.3) is 5.91 Å². The van der Waals surface area contributed by atoms with Gasteiger partial charge in [-0.2, -0.15) is 5.10 Å². The number of hydrogen-bond acceptors (Lipinski definition) is 5. The number of carbonyl (C=O) groups excluding carboxylic acids is 1. The molecule has 1 fully saturated rings. The Morgan fingerprint density at radius 1 is 1.06 bits per heavy atom. The van der Waals surface area contributed by atoms with Crippen LogP contribution >= 0.6 is 0 Å². The first-order valence-corrected chi connectivity index (χ1v) is 12.3. The predicted molar refractivity (Wildman–Crippen MR) is 138 cm³/mol. The third-order valence-corrected chi connectivity index (χ3v) is 6.72. The van der Waals surface area contributed by atoms with Gasteiger partial charge in [-0.05, 0) is 37.5 Å². The number of benzene rings is 1. The number of rotatable bonds is 4. The van der Waals surface area contributed by atoms with Gasteiger partial charge in [-0.1, -0.05) is 51.1 Å². The van der Waals surface area contributed by atoms with Crippen molar-refractivity contribution in [2.24, 2.45) is 5.73 Å². The highest BCUT2D eigenvalue weighted by molar-refractivity contribution is 5.96. The number of fused-ring (bicyclic) bond motifs is 1. The van der Waals surface area contributed by atoms with E-state index in [1.807, 2.05) is 59.6 Å². The second kappa shape index (κ2) is 9.23. The fraction of sp³-hybridized carbons (Fsp3) is 0.357. The molecule has 0 radical (unpaired) electrons. The van der Waals surface area contributed by atoms with Crippen LogP contribution in [0.5, 0.6) is 0 Å². The van der Waals surface area contributed by atoms with Crippen molar-refractivity contribution < 1.29 is 4.79 Å². The third-order valence-electron chi connectivity index (χ3n) is 6.72. The van der Waals surface area contributed by atoms with Gasteiger partial charge in [0, 0.05) is 47.6 Å². The largest absolute Gasteiger partial charge is 0.334 e. The summed E-state index contributed by atoms with van der Waals surface area (Å²) in [6.45, 7) is 7.55. The summed E-state index contributed by atoms with van der Waals surface area (Å²) in [5.74, 6) is 0.0173. The van der Waals surface area contributed by atoms with E-state index in [0.29, 0.717) is 23.4 Å². The van der Waals surface area contributed by atoms with Crippen LogP contribution in [-0.4, -0.2) is 49.5 Å². The number of carbonyl (C=O) groups is 1. The van der Waals surface area contributed by atoms with Gasteiger partial charge >= 0.3 is 0 Å². The van der Waals surface area contributed by atoms with Crippen molar-refractivity contribution in [1.29, 1.82) is 0 Å². The van der Waals surface area contributed by atoms with Crippen LogP contribution in [0.4, 0.5) is 0 Å². The highest BCUT2D eigenvalue weighted by Crippen LogP contribution is 2.30. The molecule has 2 N–H and O–H groups in total. The molecule has 1 unspecified atom stereocenters. The van der Waals surface area contributed by atoms with Gasteiger partial charge in [0.05, 0.1) is 23.1 Å². The molecular weight excluding hydrogens is 436 g/mol. The van der Waals surface area contributed by atoms with Crippen LogP contribution in [0.3, 0.4) is 0 Å². The van der Waals surface area contributed by atoms with Crippen LogP contribution in [0.1, 0.15) is 56.1 Å². The zero-order valence-electron chi connectivity index (χ0n) is 20.6. The van der Waals surface area contributed by atoms with Crippen molar-refractivity contribution in [3.05, 3.63) is 72.2 Å². The normalized spacial score (nSPS) is 16.6. The van der Waals surface area contributed by atoms with E-state index in [4.69, 9.17) is 15.7 Å². The van der Waals surface area contributed by atoms with Crippen LogP contribution in [0.2, 0.25) is 0 Å². The SMILES string of the molecule is CC(C)(C)c1cc(C(=O)N2CCCCC2CN)cc(-c2cnn3ccc(-c4ccccc4)nc23)n1. The van der Waals surface area contributed by atoms with Crippen molar-refractivity contribution >= 4 is 11.6 Å². The molecule has 4 aromatic rings. The van der Waals surface area contributed by atoms with Gasteiger partial charge in [0.15, 0.2) is 5.65 Å². The minimum absolute atomic E-state index is 0.0173. The second-order valence-electron chi connectivity index (χ2n) is 10.3. The average molecular weight is 469 g/mol. The molecule has 5 rings (SSSR count). The highest BCUT2D eigenvalue weighted by Gasteiger charge is 2.29. The monoisotopic (exact) mass is 468 g/mol. The van der Waals surface area contributed by atoms with Crippen molar-refractivity contribution in [2.45, 2.75) is 51.5 Å². The summed E-state index contributed by atoms with van der Waals surface area (Å²) in [4.78, 5) is 25.5. The van der Waals surface area contributed by atoms with E-state index in [1.165, 1.54) is 0 Å². The number of hydrogen-bond donors (Lipinski definition) is 1. The van der Waals surface area contributed by atoms with E-state index in [0.717, 1.165) is 48.3 Å². The Labute approximate surface area is 206 Å². The zero-order chi connectivity index (χ0) is 24.6. The van der Waals surface area contributed by atoms with E-state index < -0.39 is 0 Å². The predicted octanol–water partition coefficient (Wildman–Crippen LogP) is 4.71. The van der Waals surface area contributed by atoms with Crippen LogP contribution in [0, 0.1) is 0 Å². The molecule has 7 nitrogen and oxygen atoms in total. The molecule has 7 heteroatoms. The molecule has 180 valence electrons. The quantitative estimate of drug-likeness (QED) is 0.469. The van der Waals surface area contributed by atoms with Crippen LogP contribution in [-0.2, 0) is 5.41 Å². The zero-order valence-corrected chi connectivity index (χ0v) is 20.6. The summed E-state index contributed by atoms with van der Waals surface area (Å²) < 4.78 is 1.75. The van der Waals surface area contributed by atoms with E-state index in [1.54, 1.807) is 10.7 Å². The molecule has 0 bridgehead atoms. The molecule has 1 saturated heterocycles. The lowest BCUT2D eigenvalue weighted by molar-refractivity contribution is 0.0623.